The van der Waals surface area contributed by atoms with E-state index in [1.807, 2.05) is 30.3 Å². The number of hydrogen-bond acceptors (Lipinski definition) is 3. The van der Waals surface area contributed by atoms with Crippen molar-refractivity contribution < 1.29 is 14.6 Å². The summed E-state index contributed by atoms with van der Waals surface area (Å²) in [5.74, 6) is -1.32. The molecule has 1 atom stereocenters. The maximum absolute atomic E-state index is 10.8. The minimum atomic E-state index is -0.831. The second-order valence-electron chi connectivity index (χ2n) is 3.59. The molecule has 0 aromatic heterocycles. The highest BCUT2D eigenvalue weighted by Crippen LogP contribution is 2.03. The van der Waals surface area contributed by atoms with Gasteiger partial charge in [0.25, 0.3) is 0 Å². The van der Waals surface area contributed by atoms with E-state index in [0.717, 1.165) is 5.56 Å². The average molecular weight is 223 g/mol. The summed E-state index contributed by atoms with van der Waals surface area (Å²) in [7, 11) is 1.73. The van der Waals surface area contributed by atoms with E-state index in [4.69, 9.17) is 9.84 Å². The van der Waals surface area contributed by atoms with Crippen LogP contribution in [0.5, 0.6) is 0 Å². The lowest BCUT2D eigenvalue weighted by Crippen LogP contribution is -2.29. The molecule has 1 aromatic carbocycles. The Kier molecular flexibility index (Phi) is 5.53. The van der Waals surface area contributed by atoms with Crippen molar-refractivity contribution in [1.82, 2.24) is 5.32 Å². The zero-order chi connectivity index (χ0) is 11.8. The number of rotatable bonds is 7. The van der Waals surface area contributed by atoms with Gasteiger partial charge in [-0.25, -0.2) is 0 Å². The van der Waals surface area contributed by atoms with E-state index in [-0.39, 0.29) is 6.61 Å². The fourth-order valence-corrected chi connectivity index (χ4v) is 1.36. The standard InChI is InChI=1S/C12H17NO3/c1-13-7-11(12(14)15)9-16-8-10-5-3-2-4-6-10/h2-6,11,13H,7-9H2,1H3,(H,14,15)/t11-/m1/s1. The summed E-state index contributed by atoms with van der Waals surface area (Å²) in [5, 5.41) is 11.7. The summed E-state index contributed by atoms with van der Waals surface area (Å²) in [6, 6.07) is 9.70. The third-order valence-electron chi connectivity index (χ3n) is 2.23. The number of ether oxygens (including phenoxy) is 1. The van der Waals surface area contributed by atoms with Crippen LogP contribution in [-0.4, -0.2) is 31.3 Å². The Morgan fingerprint density at radius 2 is 2.12 bits per heavy atom. The van der Waals surface area contributed by atoms with Gasteiger partial charge in [-0.1, -0.05) is 30.3 Å². The Balaban J connectivity index is 2.31. The molecule has 0 unspecified atom stereocenters. The van der Waals surface area contributed by atoms with E-state index in [0.29, 0.717) is 13.2 Å². The van der Waals surface area contributed by atoms with Crippen LogP contribution in [0.3, 0.4) is 0 Å². The number of benzene rings is 1. The van der Waals surface area contributed by atoms with E-state index >= 15 is 0 Å². The first-order valence-electron chi connectivity index (χ1n) is 5.23. The maximum atomic E-state index is 10.8. The van der Waals surface area contributed by atoms with Crippen LogP contribution < -0.4 is 5.32 Å². The van der Waals surface area contributed by atoms with Gasteiger partial charge in [0.1, 0.15) is 0 Å². The van der Waals surface area contributed by atoms with Gasteiger partial charge in [0, 0.05) is 6.54 Å². The van der Waals surface area contributed by atoms with Crippen molar-refractivity contribution in [3.63, 3.8) is 0 Å². The zero-order valence-electron chi connectivity index (χ0n) is 9.35. The van der Waals surface area contributed by atoms with Crippen LogP contribution in [0.1, 0.15) is 5.56 Å². The monoisotopic (exact) mass is 223 g/mol. The first kappa shape index (κ1) is 12.7. The Hall–Kier alpha value is -1.39. The van der Waals surface area contributed by atoms with Crippen LogP contribution in [0, 0.1) is 5.92 Å². The molecule has 0 saturated carbocycles. The van der Waals surface area contributed by atoms with Crippen LogP contribution in [-0.2, 0) is 16.1 Å². The summed E-state index contributed by atoms with van der Waals surface area (Å²) in [6.07, 6.45) is 0. The minimum absolute atomic E-state index is 0.227. The van der Waals surface area contributed by atoms with Crippen LogP contribution in [0.15, 0.2) is 30.3 Å². The highest BCUT2D eigenvalue weighted by atomic mass is 16.5. The predicted molar refractivity (Wildman–Crippen MR) is 61.2 cm³/mol. The molecule has 0 radical (unpaired) electrons. The highest BCUT2D eigenvalue weighted by Gasteiger charge is 2.16. The van der Waals surface area contributed by atoms with Crippen molar-refractivity contribution in [3.8, 4) is 0 Å². The molecule has 4 nitrogen and oxygen atoms in total. The molecule has 0 spiro atoms. The molecule has 0 aliphatic carbocycles. The first-order chi connectivity index (χ1) is 7.74. The first-order valence-corrected chi connectivity index (χ1v) is 5.23. The number of nitrogens with one attached hydrogen (secondary N) is 1. The average Bonchev–Trinajstić information content (AvgIpc) is 2.29. The van der Waals surface area contributed by atoms with Crippen LogP contribution in [0.25, 0.3) is 0 Å². The summed E-state index contributed by atoms with van der Waals surface area (Å²) >= 11 is 0. The molecule has 2 N–H and O–H groups in total. The second-order valence-corrected chi connectivity index (χ2v) is 3.59. The summed E-state index contributed by atoms with van der Waals surface area (Å²) in [6.45, 7) is 1.10. The van der Waals surface area contributed by atoms with Gasteiger partial charge in [0.15, 0.2) is 0 Å². The fraction of sp³-hybridized carbons (Fsp3) is 0.417. The summed E-state index contributed by atoms with van der Waals surface area (Å²) in [5.41, 5.74) is 1.05. The van der Waals surface area contributed by atoms with Crippen LogP contribution in [0.4, 0.5) is 0 Å². The maximum Gasteiger partial charge on any atom is 0.310 e. The van der Waals surface area contributed by atoms with Gasteiger partial charge in [-0.15, -0.1) is 0 Å². The van der Waals surface area contributed by atoms with Crippen LogP contribution in [0.2, 0.25) is 0 Å². The van der Waals surface area contributed by atoms with Crippen molar-refractivity contribution >= 4 is 5.97 Å². The fourth-order valence-electron chi connectivity index (χ4n) is 1.36. The Labute approximate surface area is 95.2 Å². The summed E-state index contributed by atoms with van der Waals surface area (Å²) in [4.78, 5) is 10.8. The van der Waals surface area contributed by atoms with Crippen molar-refractivity contribution in [1.29, 1.82) is 0 Å². The molecule has 0 heterocycles. The number of carbonyl (C=O) groups is 1. The number of hydrogen-bond donors (Lipinski definition) is 2. The van der Waals surface area contributed by atoms with Crippen molar-refractivity contribution in [3.05, 3.63) is 35.9 Å². The lowest BCUT2D eigenvalue weighted by Gasteiger charge is -2.12. The van der Waals surface area contributed by atoms with Crippen molar-refractivity contribution in [2.24, 2.45) is 5.92 Å². The Bertz CT molecular complexity index is 313. The number of carboxylic acid groups (broad SMARTS) is 1. The lowest BCUT2D eigenvalue weighted by atomic mass is 10.1. The van der Waals surface area contributed by atoms with Gasteiger partial charge >= 0.3 is 5.97 Å². The van der Waals surface area contributed by atoms with E-state index in [1.165, 1.54) is 0 Å². The van der Waals surface area contributed by atoms with E-state index in [2.05, 4.69) is 5.32 Å². The molecule has 88 valence electrons. The topological polar surface area (TPSA) is 58.6 Å². The van der Waals surface area contributed by atoms with Gasteiger partial charge in [-0.3, -0.25) is 4.79 Å². The van der Waals surface area contributed by atoms with Crippen LogP contribution >= 0.6 is 0 Å². The molecule has 0 aliphatic rings. The predicted octanol–water partition coefficient (Wildman–Crippen LogP) is 1.12. The molecule has 0 amide bonds. The van der Waals surface area contributed by atoms with Gasteiger partial charge < -0.3 is 15.2 Å². The van der Waals surface area contributed by atoms with Gasteiger partial charge in [0.05, 0.1) is 19.1 Å². The Morgan fingerprint density at radius 1 is 1.44 bits per heavy atom. The molecule has 1 aromatic rings. The lowest BCUT2D eigenvalue weighted by molar-refractivity contribution is -0.143. The third-order valence-corrected chi connectivity index (χ3v) is 2.23. The molecule has 16 heavy (non-hydrogen) atoms. The number of carboxylic acids is 1. The molecule has 0 saturated heterocycles. The minimum Gasteiger partial charge on any atom is -0.481 e. The van der Waals surface area contributed by atoms with Crippen molar-refractivity contribution in [2.75, 3.05) is 20.2 Å². The molecule has 4 heteroatoms. The van der Waals surface area contributed by atoms with Gasteiger partial charge in [0.2, 0.25) is 0 Å². The normalized spacial score (nSPS) is 12.3. The van der Waals surface area contributed by atoms with Crippen molar-refractivity contribution in [2.45, 2.75) is 6.61 Å². The number of aliphatic carboxylic acids is 1. The summed E-state index contributed by atoms with van der Waals surface area (Å²) < 4.78 is 5.37. The molecule has 0 bridgehead atoms. The second kappa shape index (κ2) is 6.98. The van der Waals surface area contributed by atoms with Gasteiger partial charge in [-0.2, -0.15) is 0 Å². The Morgan fingerprint density at radius 3 is 2.69 bits per heavy atom. The molecule has 0 fully saturated rings. The molecular formula is C12H17NO3. The largest absolute Gasteiger partial charge is 0.481 e. The zero-order valence-corrected chi connectivity index (χ0v) is 9.35. The van der Waals surface area contributed by atoms with E-state index in [1.54, 1.807) is 7.05 Å². The SMILES string of the molecule is CNC[C@H](COCc1ccccc1)C(=O)O. The van der Waals surface area contributed by atoms with E-state index in [9.17, 15) is 4.79 Å². The van der Waals surface area contributed by atoms with Gasteiger partial charge in [-0.05, 0) is 12.6 Å². The highest BCUT2D eigenvalue weighted by molar-refractivity contribution is 5.70. The third kappa shape index (κ3) is 4.42. The quantitative estimate of drug-likeness (QED) is 0.727. The smallest absolute Gasteiger partial charge is 0.310 e. The molecular weight excluding hydrogens is 206 g/mol. The van der Waals surface area contributed by atoms with E-state index < -0.39 is 11.9 Å². The molecule has 1 rings (SSSR count). The molecule has 0 aliphatic heterocycles.